The van der Waals surface area contributed by atoms with E-state index in [-0.39, 0.29) is 11.3 Å². The predicted octanol–water partition coefficient (Wildman–Crippen LogP) is 4.78. The van der Waals surface area contributed by atoms with Gasteiger partial charge < -0.3 is 9.84 Å². The number of piperidine rings is 1. The molecule has 0 spiro atoms. The fraction of sp³-hybridized carbons (Fsp3) is 0.545. The number of hydrogen-bond donors (Lipinski definition) is 1. The van der Waals surface area contributed by atoms with Gasteiger partial charge in [-0.1, -0.05) is 32.9 Å². The molecule has 152 valence electrons. The van der Waals surface area contributed by atoms with Gasteiger partial charge in [-0.15, -0.1) is 11.3 Å². The minimum absolute atomic E-state index is 0.0941. The lowest BCUT2D eigenvalue weighted by Crippen LogP contribution is -2.46. The molecule has 6 heteroatoms. The van der Waals surface area contributed by atoms with E-state index in [1.807, 2.05) is 31.3 Å². The average molecular weight is 403 g/mol. The largest absolute Gasteiger partial charge is 0.493 e. The van der Waals surface area contributed by atoms with E-state index in [4.69, 9.17) is 4.74 Å². The molecule has 2 atom stereocenters. The topological polar surface area (TPSA) is 62.7 Å². The van der Waals surface area contributed by atoms with Crippen molar-refractivity contribution in [2.75, 3.05) is 19.7 Å². The number of carboxylic acids is 1. The third-order valence-corrected chi connectivity index (χ3v) is 6.48. The highest BCUT2D eigenvalue weighted by atomic mass is 32.1. The second kappa shape index (κ2) is 8.62. The Morgan fingerprint density at radius 1 is 1.32 bits per heavy atom. The van der Waals surface area contributed by atoms with Gasteiger partial charge in [0.1, 0.15) is 10.8 Å². The van der Waals surface area contributed by atoms with Crippen LogP contribution >= 0.6 is 11.3 Å². The van der Waals surface area contributed by atoms with Crippen molar-refractivity contribution in [2.45, 2.75) is 40.7 Å². The van der Waals surface area contributed by atoms with Gasteiger partial charge in [0.25, 0.3) is 0 Å². The summed E-state index contributed by atoms with van der Waals surface area (Å²) in [5.74, 6) is 0.234. The second-order valence-corrected chi connectivity index (χ2v) is 9.69. The number of ether oxygens (including phenoxy) is 1. The zero-order chi connectivity index (χ0) is 20.3. The molecule has 1 aliphatic heterocycles. The normalized spacial score (nSPS) is 20.9. The first-order valence-corrected chi connectivity index (χ1v) is 10.7. The van der Waals surface area contributed by atoms with E-state index < -0.39 is 5.97 Å². The van der Waals surface area contributed by atoms with Crippen molar-refractivity contribution in [2.24, 2.45) is 17.3 Å². The Kier molecular flexibility index (Phi) is 6.40. The van der Waals surface area contributed by atoms with Crippen molar-refractivity contribution in [3.8, 4) is 16.2 Å². The summed E-state index contributed by atoms with van der Waals surface area (Å²) in [4.78, 5) is 19.6. The van der Waals surface area contributed by atoms with Gasteiger partial charge in [0.2, 0.25) is 0 Å². The highest BCUT2D eigenvalue weighted by Crippen LogP contribution is 2.37. The van der Waals surface area contributed by atoms with Crippen molar-refractivity contribution in [3.63, 3.8) is 0 Å². The van der Waals surface area contributed by atoms with E-state index in [0.29, 0.717) is 25.6 Å². The summed E-state index contributed by atoms with van der Waals surface area (Å²) < 4.78 is 5.75. The molecule has 0 bridgehead atoms. The maximum absolute atomic E-state index is 11.7. The van der Waals surface area contributed by atoms with E-state index in [0.717, 1.165) is 34.2 Å². The summed E-state index contributed by atoms with van der Waals surface area (Å²) in [6.45, 7) is 11.4. The zero-order valence-corrected chi connectivity index (χ0v) is 18.0. The second-order valence-electron chi connectivity index (χ2n) is 8.58. The lowest BCUT2D eigenvalue weighted by molar-refractivity contribution is -0.145. The minimum atomic E-state index is -0.690. The van der Waals surface area contributed by atoms with Gasteiger partial charge in [0.05, 0.1) is 23.9 Å². The summed E-state index contributed by atoms with van der Waals surface area (Å²) in [7, 11) is 0. The SMILES string of the molecule is CCOc1ccccc1-c1cnc(CN2C[C@H](C(=O)O)C[C@@H](C(C)(C)C)C2)s1. The molecule has 0 radical (unpaired) electrons. The summed E-state index contributed by atoms with van der Waals surface area (Å²) in [5.41, 5.74) is 1.15. The molecule has 2 heterocycles. The van der Waals surface area contributed by atoms with Crippen molar-refractivity contribution in [1.29, 1.82) is 0 Å². The first kappa shape index (κ1) is 20.8. The van der Waals surface area contributed by atoms with E-state index >= 15 is 0 Å². The Morgan fingerprint density at radius 2 is 2.07 bits per heavy atom. The van der Waals surface area contributed by atoms with Gasteiger partial charge in [-0.2, -0.15) is 0 Å². The van der Waals surface area contributed by atoms with Crippen LogP contribution in [0.2, 0.25) is 0 Å². The molecule has 1 aromatic heterocycles. The molecule has 5 nitrogen and oxygen atoms in total. The average Bonchev–Trinajstić information content (AvgIpc) is 3.09. The fourth-order valence-electron chi connectivity index (χ4n) is 3.78. The molecule has 0 saturated carbocycles. The van der Waals surface area contributed by atoms with Crippen LogP contribution in [0, 0.1) is 17.3 Å². The van der Waals surface area contributed by atoms with Crippen LogP contribution in [0.1, 0.15) is 39.1 Å². The van der Waals surface area contributed by atoms with Crippen molar-refractivity contribution in [3.05, 3.63) is 35.5 Å². The third kappa shape index (κ3) is 4.92. The van der Waals surface area contributed by atoms with Crippen LogP contribution in [0.15, 0.2) is 30.5 Å². The van der Waals surface area contributed by atoms with Gasteiger partial charge in [-0.25, -0.2) is 4.98 Å². The summed E-state index contributed by atoms with van der Waals surface area (Å²) in [6, 6.07) is 8.02. The summed E-state index contributed by atoms with van der Waals surface area (Å²) in [6.07, 6.45) is 2.65. The minimum Gasteiger partial charge on any atom is -0.493 e. The smallest absolute Gasteiger partial charge is 0.307 e. The van der Waals surface area contributed by atoms with E-state index in [9.17, 15) is 9.90 Å². The molecule has 2 aromatic rings. The number of carbonyl (C=O) groups is 1. The molecule has 1 fully saturated rings. The van der Waals surface area contributed by atoms with E-state index in [2.05, 4.69) is 36.7 Å². The molecule has 1 aromatic carbocycles. The number of aromatic nitrogens is 1. The summed E-state index contributed by atoms with van der Waals surface area (Å²) in [5, 5.41) is 10.6. The highest BCUT2D eigenvalue weighted by Gasteiger charge is 2.37. The van der Waals surface area contributed by atoms with Gasteiger partial charge in [0, 0.05) is 24.8 Å². The number of para-hydroxylation sites is 1. The van der Waals surface area contributed by atoms with Crippen LogP contribution in [0.5, 0.6) is 5.75 Å². The van der Waals surface area contributed by atoms with Crippen LogP contribution in [0.3, 0.4) is 0 Å². The molecule has 28 heavy (non-hydrogen) atoms. The van der Waals surface area contributed by atoms with Crippen molar-refractivity contribution >= 4 is 17.3 Å². The Hall–Kier alpha value is -1.92. The van der Waals surface area contributed by atoms with Gasteiger partial charge in [-0.3, -0.25) is 9.69 Å². The molecule has 1 saturated heterocycles. The lowest BCUT2D eigenvalue weighted by Gasteiger charge is -2.42. The van der Waals surface area contributed by atoms with Gasteiger partial charge >= 0.3 is 5.97 Å². The molecule has 0 aliphatic carbocycles. The number of nitrogens with zero attached hydrogens (tertiary/aromatic N) is 2. The zero-order valence-electron chi connectivity index (χ0n) is 17.1. The van der Waals surface area contributed by atoms with Crippen molar-refractivity contribution in [1.82, 2.24) is 9.88 Å². The maximum Gasteiger partial charge on any atom is 0.307 e. The van der Waals surface area contributed by atoms with Crippen molar-refractivity contribution < 1.29 is 14.6 Å². The number of aliphatic carboxylic acids is 1. The van der Waals surface area contributed by atoms with E-state index in [1.165, 1.54) is 0 Å². The maximum atomic E-state index is 11.7. The molecule has 1 N–H and O–H groups in total. The number of thiazole rings is 1. The fourth-order valence-corrected chi connectivity index (χ4v) is 4.77. The number of benzene rings is 1. The Morgan fingerprint density at radius 3 is 2.75 bits per heavy atom. The molecule has 1 aliphatic rings. The molecule has 0 unspecified atom stereocenters. The third-order valence-electron chi connectivity index (χ3n) is 5.46. The number of hydrogen-bond acceptors (Lipinski definition) is 5. The Labute approximate surface area is 171 Å². The highest BCUT2D eigenvalue weighted by molar-refractivity contribution is 7.15. The number of rotatable bonds is 6. The van der Waals surface area contributed by atoms with Gasteiger partial charge in [-0.05, 0) is 36.8 Å². The first-order valence-electron chi connectivity index (χ1n) is 9.90. The molecular formula is C22H30N2O3S. The van der Waals surface area contributed by atoms with Crippen LogP contribution in [-0.2, 0) is 11.3 Å². The van der Waals surface area contributed by atoms with Crippen LogP contribution in [-0.4, -0.2) is 40.7 Å². The Bertz CT molecular complexity index is 812. The number of carboxylic acid groups (broad SMARTS) is 1. The number of likely N-dealkylation sites (tertiary alicyclic amines) is 1. The monoisotopic (exact) mass is 402 g/mol. The van der Waals surface area contributed by atoms with Crippen LogP contribution < -0.4 is 4.74 Å². The van der Waals surface area contributed by atoms with E-state index in [1.54, 1.807) is 11.3 Å². The first-order chi connectivity index (χ1) is 13.3. The molecule has 3 rings (SSSR count). The lowest BCUT2D eigenvalue weighted by atomic mass is 9.73. The Balaban J connectivity index is 1.76. The van der Waals surface area contributed by atoms with Gasteiger partial charge in [0.15, 0.2) is 0 Å². The molecular weight excluding hydrogens is 372 g/mol. The predicted molar refractivity (Wildman–Crippen MR) is 113 cm³/mol. The standard InChI is InChI=1S/C22H30N2O3S/c1-5-27-18-9-7-6-8-17(18)19-11-23-20(28-19)14-24-12-15(21(25)26)10-16(13-24)22(2,3)4/h6-9,11,15-16H,5,10,12-14H2,1-4H3,(H,25,26)/t15-,16-/m1/s1. The quantitative estimate of drug-likeness (QED) is 0.753. The van der Waals surface area contributed by atoms with Crippen LogP contribution in [0.25, 0.3) is 10.4 Å². The summed E-state index contributed by atoms with van der Waals surface area (Å²) >= 11 is 1.66. The molecule has 0 amide bonds. The van der Waals surface area contributed by atoms with Crippen LogP contribution in [0.4, 0.5) is 0 Å².